The second kappa shape index (κ2) is 18.5. The second-order valence-corrected chi connectivity index (χ2v) is 17.2. The molecule has 4 saturated carbocycles. The molecule has 0 heterocycles. The van der Waals surface area contributed by atoms with Crippen molar-refractivity contribution in [1.82, 2.24) is 0 Å². The number of fused-ring (bicyclic) bond motifs is 3. The molecule has 0 aliphatic heterocycles. The summed E-state index contributed by atoms with van der Waals surface area (Å²) < 4.78 is 3.34. The molecule has 0 saturated heterocycles. The zero-order chi connectivity index (χ0) is 34.0. The zero-order valence-electron chi connectivity index (χ0n) is 32.3. The van der Waals surface area contributed by atoms with Crippen LogP contribution in [0.4, 0.5) is 0 Å². The van der Waals surface area contributed by atoms with Crippen molar-refractivity contribution in [3.63, 3.8) is 0 Å². The first-order valence-electron chi connectivity index (χ1n) is 18.1. The Kier molecular flexibility index (Phi) is 16.5. The van der Waals surface area contributed by atoms with Gasteiger partial charge in [-0.1, -0.05) is 91.5 Å². The normalized spacial score (nSPS) is 24.7. The van der Waals surface area contributed by atoms with E-state index in [1.165, 1.54) is 69.6 Å². The Hall–Kier alpha value is -1.53. The van der Waals surface area contributed by atoms with Crippen molar-refractivity contribution in [2.24, 2.45) is 29.1 Å². The van der Waals surface area contributed by atoms with Gasteiger partial charge in [0, 0.05) is 0 Å². The predicted octanol–water partition coefficient (Wildman–Crippen LogP) is 13.3. The molecule has 6 aliphatic rings. The van der Waals surface area contributed by atoms with E-state index in [4.69, 9.17) is 0 Å². The maximum absolute atomic E-state index is 3.67. The van der Waals surface area contributed by atoms with Crippen molar-refractivity contribution in [1.29, 1.82) is 0 Å². The average molecular weight is 789 g/mol. The second-order valence-electron chi connectivity index (χ2n) is 17.2. The number of hydrogen-bond acceptors (Lipinski definition) is 0. The van der Waals surface area contributed by atoms with Gasteiger partial charge in [-0.05, 0) is 90.1 Å². The van der Waals surface area contributed by atoms with Gasteiger partial charge in [-0.3, -0.25) is 6.08 Å². The average Bonchev–Trinajstić information content (AvgIpc) is 3.54. The summed E-state index contributed by atoms with van der Waals surface area (Å²) in [6, 6.07) is 27.7. The molecule has 0 N–H and O–H groups in total. The summed E-state index contributed by atoms with van der Waals surface area (Å²) >= 11 is 1.30. The minimum atomic E-state index is 0. The Bertz CT molecular complexity index is 1460. The predicted molar refractivity (Wildman–Crippen MR) is 219 cm³/mol. The van der Waals surface area contributed by atoms with Crippen LogP contribution in [0.5, 0.6) is 0 Å². The molecule has 3 aromatic carbocycles. The molecule has 50 heavy (non-hydrogen) atoms. The fourth-order valence-electron chi connectivity index (χ4n) is 9.37. The van der Waals surface area contributed by atoms with Crippen LogP contribution in [0.25, 0.3) is 11.1 Å². The van der Waals surface area contributed by atoms with Crippen LogP contribution >= 0.6 is 24.8 Å². The summed E-state index contributed by atoms with van der Waals surface area (Å²) in [5.74, 6) is 3.82. The minimum Gasteiger partial charge on any atom is -0.358 e. The summed E-state index contributed by atoms with van der Waals surface area (Å²) in [4.78, 5) is 0. The van der Waals surface area contributed by atoms with Crippen LogP contribution in [0.15, 0.2) is 77.9 Å². The Labute approximate surface area is 334 Å². The summed E-state index contributed by atoms with van der Waals surface area (Å²) in [7, 11) is 0. The summed E-state index contributed by atoms with van der Waals surface area (Å²) in [5, 5.41) is 0. The first-order chi connectivity index (χ1) is 22.3. The van der Waals surface area contributed by atoms with Gasteiger partial charge in [0.15, 0.2) is 0 Å². The van der Waals surface area contributed by atoms with Gasteiger partial charge in [0.05, 0.1) is 0 Å². The third kappa shape index (κ3) is 10.8. The molecular formula is C47H62Cl2Zr-4. The van der Waals surface area contributed by atoms with E-state index in [2.05, 4.69) is 114 Å². The molecular weight excluding hydrogens is 727 g/mol. The number of halogens is 2. The Morgan fingerprint density at radius 1 is 0.800 bits per heavy atom. The van der Waals surface area contributed by atoms with E-state index in [9.17, 15) is 0 Å². The van der Waals surface area contributed by atoms with Crippen molar-refractivity contribution in [3.05, 3.63) is 126 Å². The standard InChI is InChI=1S/C21H25.C18H25.C6H5.CH3.CH2.2ClH.Zr/c1-20(2,3)16-7-9-18-14(12-16)11-15-13-17(21(4,5)6)8-10-19(15)18;1-12-3-13(2)17(4-12)11-18-8-14-5-15(9-18)7-16(6-14)10-18;1-2-4-6-5-3-1;;;;;/h7-10,12H,11H2,1-6H3;4,12,14-16H,5-11H2,1-2H3;1-5H;1H3;1H2;2*1H;/q4*-1;;;;. The molecule has 3 aromatic rings. The van der Waals surface area contributed by atoms with Crippen LogP contribution in [0.3, 0.4) is 0 Å². The SMILES string of the molecule is CC(C)(C)c1[c-]c2c(cc1)-c1ccc(C(C)(C)C)cc1C2.CC1=[C-]C(C)C=C1CC12CC3CC(CC(C3)C1)C2.Cl.Cl.[CH2]=[Zr].[CH3-].[c-]1ccccc1. The first-order valence-corrected chi connectivity index (χ1v) is 19.8. The Morgan fingerprint density at radius 2 is 1.36 bits per heavy atom. The molecule has 1 atom stereocenters. The molecule has 0 nitrogen and oxygen atoms in total. The van der Waals surface area contributed by atoms with Crippen LogP contribution < -0.4 is 0 Å². The van der Waals surface area contributed by atoms with Crippen LogP contribution in [0.2, 0.25) is 0 Å². The Morgan fingerprint density at radius 3 is 1.80 bits per heavy atom. The van der Waals surface area contributed by atoms with E-state index in [0.717, 1.165) is 24.2 Å². The van der Waals surface area contributed by atoms with Crippen molar-refractivity contribution < 1.29 is 24.2 Å². The van der Waals surface area contributed by atoms with Gasteiger partial charge in [-0.2, -0.15) is 71.8 Å². The molecule has 6 aliphatic carbocycles. The van der Waals surface area contributed by atoms with E-state index in [-0.39, 0.29) is 43.1 Å². The molecule has 0 radical (unpaired) electrons. The van der Waals surface area contributed by atoms with E-state index in [1.54, 1.807) is 44.1 Å². The van der Waals surface area contributed by atoms with Gasteiger partial charge in [-0.15, -0.1) is 35.9 Å². The Balaban J connectivity index is 0.000000273. The minimum absolute atomic E-state index is 0. The van der Waals surface area contributed by atoms with Crippen molar-refractivity contribution >= 4 is 29.0 Å². The summed E-state index contributed by atoms with van der Waals surface area (Å²) in [6.45, 7) is 18.1. The third-order valence-electron chi connectivity index (χ3n) is 11.2. The smallest absolute Gasteiger partial charge is 0.171 e. The molecule has 4 bridgehead atoms. The van der Waals surface area contributed by atoms with Gasteiger partial charge >= 0.3 is 28.4 Å². The quantitative estimate of drug-likeness (QED) is 0.178. The number of allylic oxidation sites excluding steroid dienone is 4. The number of benzene rings is 3. The number of rotatable bonds is 2. The largest absolute Gasteiger partial charge is 0.358 e. The van der Waals surface area contributed by atoms with E-state index >= 15 is 0 Å². The van der Waals surface area contributed by atoms with Crippen molar-refractivity contribution in [3.8, 4) is 11.1 Å². The fraction of sp³-hybridized carbons (Fsp3) is 0.489. The summed E-state index contributed by atoms with van der Waals surface area (Å²) in [5.41, 5.74) is 12.5. The molecule has 9 rings (SSSR count). The molecule has 3 heteroatoms. The molecule has 1 unspecified atom stereocenters. The molecule has 272 valence electrons. The monoisotopic (exact) mass is 786 g/mol. The van der Waals surface area contributed by atoms with Crippen molar-refractivity contribution in [2.45, 2.75) is 118 Å². The van der Waals surface area contributed by atoms with E-state index in [0.29, 0.717) is 11.3 Å². The van der Waals surface area contributed by atoms with Gasteiger partial charge in [-0.25, -0.2) is 5.57 Å². The first kappa shape index (κ1) is 44.6. The van der Waals surface area contributed by atoms with E-state index < -0.39 is 0 Å². The number of hydrogen-bond donors (Lipinski definition) is 0. The van der Waals surface area contributed by atoms with Gasteiger partial charge < -0.3 is 7.43 Å². The van der Waals surface area contributed by atoms with Crippen molar-refractivity contribution in [2.75, 3.05) is 0 Å². The van der Waals surface area contributed by atoms with Crippen LogP contribution in [0, 0.1) is 54.7 Å². The molecule has 0 spiro atoms. The van der Waals surface area contributed by atoms with Crippen LogP contribution in [0.1, 0.15) is 123 Å². The van der Waals surface area contributed by atoms with Crippen LogP contribution in [-0.2, 0) is 41.5 Å². The fourth-order valence-corrected chi connectivity index (χ4v) is 9.37. The topological polar surface area (TPSA) is 0 Å². The zero-order valence-corrected chi connectivity index (χ0v) is 36.4. The molecule has 4 fully saturated rings. The van der Waals surface area contributed by atoms with Gasteiger partial charge in [0.1, 0.15) is 0 Å². The maximum atomic E-state index is 3.67. The molecule has 0 aromatic heterocycles. The maximum Gasteiger partial charge on any atom is -0.171 e. The summed E-state index contributed by atoms with van der Waals surface area (Å²) in [6.07, 6.45) is 17.8. The third-order valence-corrected chi connectivity index (χ3v) is 11.2. The van der Waals surface area contributed by atoms with Crippen LogP contribution in [-0.4, -0.2) is 4.21 Å². The molecule has 0 amide bonds. The van der Waals surface area contributed by atoms with Gasteiger partial charge in [0.2, 0.25) is 0 Å². The van der Waals surface area contributed by atoms with Gasteiger partial charge in [0.25, 0.3) is 0 Å². The van der Waals surface area contributed by atoms with E-state index in [1.807, 2.05) is 30.3 Å².